The Morgan fingerprint density at radius 1 is 1.03 bits per heavy atom. The van der Waals surface area contributed by atoms with Crippen molar-refractivity contribution >= 4 is 22.7 Å². The van der Waals surface area contributed by atoms with Gasteiger partial charge < -0.3 is 14.2 Å². The lowest BCUT2D eigenvalue weighted by Crippen LogP contribution is -2.43. The first-order valence-corrected chi connectivity index (χ1v) is 9.79. The number of imidazole rings is 1. The highest BCUT2D eigenvalue weighted by Crippen LogP contribution is 2.21. The zero-order valence-electron chi connectivity index (χ0n) is 16.2. The summed E-state index contributed by atoms with van der Waals surface area (Å²) in [7, 11) is 0. The largest absolute Gasteiger partial charge is 0.378 e. The number of nitrogens with zero attached hydrogens (tertiary/aromatic N) is 5. The molecular formula is C21H20FN5O3. The van der Waals surface area contributed by atoms with Crippen molar-refractivity contribution in [3.8, 4) is 0 Å². The van der Waals surface area contributed by atoms with Crippen LogP contribution in [0.15, 0.2) is 53.3 Å². The number of para-hydroxylation sites is 2. The summed E-state index contributed by atoms with van der Waals surface area (Å²) in [4.78, 5) is 27.4. The molecule has 5 rings (SSSR count). The predicted molar refractivity (Wildman–Crippen MR) is 108 cm³/mol. The third-order valence-electron chi connectivity index (χ3n) is 5.41. The lowest BCUT2D eigenvalue weighted by Gasteiger charge is -2.26. The maximum atomic E-state index is 14.3. The second kappa shape index (κ2) is 7.42. The van der Waals surface area contributed by atoms with Gasteiger partial charge in [-0.1, -0.05) is 30.3 Å². The molecule has 0 saturated carbocycles. The standard InChI is InChI=1S/C21H20FN5O3/c22-16-6-2-1-5-15(16)13-25-17-7-3-4-8-18(17)27-20(25)23-26(21(27)29)14-19(28)24-9-11-30-12-10-24/h1-8H,9-14H2. The van der Waals surface area contributed by atoms with Crippen molar-refractivity contribution in [1.29, 1.82) is 0 Å². The molecule has 0 aliphatic carbocycles. The fraction of sp³-hybridized carbons (Fsp3) is 0.286. The summed E-state index contributed by atoms with van der Waals surface area (Å²) < 4.78 is 24.0. The number of rotatable bonds is 4. The minimum absolute atomic E-state index is 0.144. The van der Waals surface area contributed by atoms with E-state index in [9.17, 15) is 14.0 Å². The molecule has 0 spiro atoms. The molecule has 3 heterocycles. The average molecular weight is 409 g/mol. The van der Waals surface area contributed by atoms with Crippen LogP contribution < -0.4 is 5.69 Å². The van der Waals surface area contributed by atoms with Crippen molar-refractivity contribution < 1.29 is 13.9 Å². The second-order valence-electron chi connectivity index (χ2n) is 7.24. The molecule has 2 aromatic heterocycles. The predicted octanol–water partition coefficient (Wildman–Crippen LogP) is 1.50. The third-order valence-corrected chi connectivity index (χ3v) is 5.41. The number of morpholine rings is 1. The van der Waals surface area contributed by atoms with Gasteiger partial charge in [-0.3, -0.25) is 4.79 Å². The number of amides is 1. The fourth-order valence-electron chi connectivity index (χ4n) is 3.87. The Balaban J connectivity index is 1.59. The lowest BCUT2D eigenvalue weighted by atomic mass is 10.2. The van der Waals surface area contributed by atoms with Gasteiger partial charge in [-0.2, -0.15) is 0 Å². The summed E-state index contributed by atoms with van der Waals surface area (Å²) in [5.74, 6) is -0.122. The number of hydrogen-bond donors (Lipinski definition) is 0. The zero-order chi connectivity index (χ0) is 20.7. The van der Waals surface area contributed by atoms with Crippen LogP contribution in [0, 0.1) is 5.82 Å². The number of ether oxygens (including phenoxy) is 1. The monoisotopic (exact) mass is 409 g/mol. The van der Waals surface area contributed by atoms with Crippen LogP contribution in [0.25, 0.3) is 16.8 Å². The molecule has 1 aliphatic heterocycles. The van der Waals surface area contributed by atoms with Gasteiger partial charge in [0, 0.05) is 18.7 Å². The molecule has 1 saturated heterocycles. The number of halogens is 1. The second-order valence-corrected chi connectivity index (χ2v) is 7.24. The molecule has 1 fully saturated rings. The Labute approximate surface area is 170 Å². The Morgan fingerprint density at radius 2 is 1.73 bits per heavy atom. The molecule has 2 aromatic carbocycles. The van der Waals surface area contributed by atoms with E-state index in [1.54, 1.807) is 27.7 Å². The molecule has 1 aliphatic rings. The van der Waals surface area contributed by atoms with E-state index in [4.69, 9.17) is 4.74 Å². The van der Waals surface area contributed by atoms with E-state index >= 15 is 0 Å². The number of benzene rings is 2. The van der Waals surface area contributed by atoms with Crippen molar-refractivity contribution in [3.63, 3.8) is 0 Å². The first-order chi connectivity index (χ1) is 14.6. The van der Waals surface area contributed by atoms with Crippen LogP contribution in [0.4, 0.5) is 4.39 Å². The maximum Gasteiger partial charge on any atom is 0.352 e. The van der Waals surface area contributed by atoms with Gasteiger partial charge in [-0.05, 0) is 18.2 Å². The average Bonchev–Trinajstić information content (AvgIpc) is 3.25. The van der Waals surface area contributed by atoms with Crippen LogP contribution in [0.2, 0.25) is 0 Å². The van der Waals surface area contributed by atoms with Crippen molar-refractivity contribution in [2.45, 2.75) is 13.1 Å². The number of fused-ring (bicyclic) bond motifs is 3. The fourth-order valence-corrected chi connectivity index (χ4v) is 3.87. The Kier molecular flexibility index (Phi) is 4.59. The Hall–Kier alpha value is -3.46. The van der Waals surface area contributed by atoms with Crippen LogP contribution in [0.3, 0.4) is 0 Å². The molecule has 0 unspecified atom stereocenters. The van der Waals surface area contributed by atoms with E-state index in [2.05, 4.69) is 5.10 Å². The quantitative estimate of drug-likeness (QED) is 0.512. The van der Waals surface area contributed by atoms with Gasteiger partial charge in [0.2, 0.25) is 11.7 Å². The molecule has 0 radical (unpaired) electrons. The summed E-state index contributed by atoms with van der Waals surface area (Å²) in [5.41, 5.74) is 1.54. The van der Waals surface area contributed by atoms with E-state index in [0.717, 1.165) is 5.52 Å². The highest BCUT2D eigenvalue weighted by Gasteiger charge is 2.22. The van der Waals surface area contributed by atoms with Crippen LogP contribution in [0.5, 0.6) is 0 Å². The summed E-state index contributed by atoms with van der Waals surface area (Å²) in [6.45, 7) is 2.06. The number of aromatic nitrogens is 4. The molecule has 0 N–H and O–H groups in total. The normalized spacial score (nSPS) is 14.6. The molecule has 30 heavy (non-hydrogen) atoms. The minimum Gasteiger partial charge on any atom is -0.378 e. The van der Waals surface area contributed by atoms with Gasteiger partial charge in [-0.15, -0.1) is 5.10 Å². The molecule has 1 amide bonds. The summed E-state index contributed by atoms with van der Waals surface area (Å²) >= 11 is 0. The van der Waals surface area contributed by atoms with Gasteiger partial charge in [0.05, 0.1) is 30.8 Å². The van der Waals surface area contributed by atoms with Crippen LogP contribution in [0.1, 0.15) is 5.56 Å². The van der Waals surface area contributed by atoms with Gasteiger partial charge in [0.15, 0.2) is 0 Å². The topological polar surface area (TPSA) is 73.8 Å². The lowest BCUT2D eigenvalue weighted by molar-refractivity contribution is -0.136. The summed E-state index contributed by atoms with van der Waals surface area (Å²) in [6, 6.07) is 13.9. The van der Waals surface area contributed by atoms with E-state index in [1.165, 1.54) is 15.1 Å². The van der Waals surface area contributed by atoms with Crippen molar-refractivity contribution in [1.82, 2.24) is 23.6 Å². The van der Waals surface area contributed by atoms with E-state index in [1.807, 2.05) is 24.3 Å². The van der Waals surface area contributed by atoms with Crippen LogP contribution in [-0.2, 0) is 22.6 Å². The van der Waals surface area contributed by atoms with Crippen molar-refractivity contribution in [3.05, 3.63) is 70.4 Å². The third kappa shape index (κ3) is 3.07. The number of carbonyl (C=O) groups excluding carboxylic acids is 1. The zero-order valence-corrected chi connectivity index (χ0v) is 16.2. The van der Waals surface area contributed by atoms with Gasteiger partial charge in [-0.25, -0.2) is 18.3 Å². The Bertz CT molecular complexity index is 1300. The maximum absolute atomic E-state index is 14.3. The minimum atomic E-state index is -0.393. The van der Waals surface area contributed by atoms with Crippen LogP contribution in [-0.4, -0.2) is 55.9 Å². The molecule has 0 atom stereocenters. The number of carbonyl (C=O) groups is 1. The van der Waals surface area contributed by atoms with Gasteiger partial charge in [0.25, 0.3) is 0 Å². The first kappa shape index (κ1) is 18.6. The first-order valence-electron chi connectivity index (χ1n) is 9.79. The summed E-state index contributed by atoms with van der Waals surface area (Å²) in [6.07, 6.45) is 0. The molecule has 0 bridgehead atoms. The van der Waals surface area contributed by atoms with Gasteiger partial charge in [0.1, 0.15) is 12.4 Å². The van der Waals surface area contributed by atoms with Crippen molar-refractivity contribution in [2.75, 3.05) is 26.3 Å². The molecule has 4 aromatic rings. The summed E-state index contributed by atoms with van der Waals surface area (Å²) in [5, 5.41) is 4.44. The highest BCUT2D eigenvalue weighted by molar-refractivity contribution is 5.81. The molecule has 154 valence electrons. The molecule has 8 nitrogen and oxygen atoms in total. The van der Waals surface area contributed by atoms with E-state index < -0.39 is 5.69 Å². The molecule has 9 heteroatoms. The van der Waals surface area contributed by atoms with E-state index in [-0.39, 0.29) is 24.8 Å². The smallest absolute Gasteiger partial charge is 0.352 e. The number of hydrogen-bond acceptors (Lipinski definition) is 4. The Morgan fingerprint density at radius 3 is 2.50 bits per heavy atom. The highest BCUT2D eigenvalue weighted by atomic mass is 19.1. The van der Waals surface area contributed by atoms with Gasteiger partial charge >= 0.3 is 5.69 Å². The van der Waals surface area contributed by atoms with Crippen molar-refractivity contribution in [2.24, 2.45) is 0 Å². The SMILES string of the molecule is O=C(Cn1nc2n(Cc3ccccc3F)c3ccccc3n2c1=O)N1CCOCC1. The molecular weight excluding hydrogens is 389 g/mol. The van der Waals surface area contributed by atoms with Crippen LogP contribution >= 0.6 is 0 Å². The van der Waals surface area contributed by atoms with E-state index in [0.29, 0.717) is 43.2 Å².